The summed E-state index contributed by atoms with van der Waals surface area (Å²) in [5.74, 6) is 1.64. The van der Waals surface area contributed by atoms with Gasteiger partial charge in [-0.3, -0.25) is 0 Å². The van der Waals surface area contributed by atoms with Crippen molar-refractivity contribution in [3.05, 3.63) is 35.4 Å². The summed E-state index contributed by atoms with van der Waals surface area (Å²) in [7, 11) is 0. The first-order chi connectivity index (χ1) is 9.24. The van der Waals surface area contributed by atoms with Crippen molar-refractivity contribution in [1.29, 1.82) is 0 Å². The summed E-state index contributed by atoms with van der Waals surface area (Å²) >= 11 is 0. The Morgan fingerprint density at radius 3 is 2.37 bits per heavy atom. The normalized spacial score (nSPS) is 16.8. The molecular formula is C18H29N. The third-order valence-corrected chi connectivity index (χ3v) is 4.70. The molecule has 1 aromatic rings. The van der Waals surface area contributed by atoms with Crippen LogP contribution in [0.5, 0.6) is 0 Å². The van der Waals surface area contributed by atoms with Crippen LogP contribution in [0, 0.1) is 18.8 Å². The van der Waals surface area contributed by atoms with Gasteiger partial charge in [-0.25, -0.2) is 0 Å². The van der Waals surface area contributed by atoms with E-state index in [2.05, 4.69) is 50.4 Å². The first-order valence-electron chi connectivity index (χ1n) is 8.02. The Labute approximate surface area is 118 Å². The van der Waals surface area contributed by atoms with Gasteiger partial charge < -0.3 is 5.32 Å². The van der Waals surface area contributed by atoms with Crippen LogP contribution in [0.25, 0.3) is 0 Å². The molecule has 1 aliphatic carbocycles. The average molecular weight is 259 g/mol. The van der Waals surface area contributed by atoms with E-state index >= 15 is 0 Å². The lowest BCUT2D eigenvalue weighted by molar-refractivity contribution is 0.297. The van der Waals surface area contributed by atoms with Gasteiger partial charge in [-0.2, -0.15) is 0 Å². The molecular weight excluding hydrogens is 230 g/mol. The highest BCUT2D eigenvalue weighted by Gasteiger charge is 2.25. The third kappa shape index (κ3) is 4.35. The maximum absolute atomic E-state index is 3.75. The fourth-order valence-electron chi connectivity index (χ4n) is 3.09. The Kier molecular flexibility index (Phi) is 5.45. The van der Waals surface area contributed by atoms with E-state index in [-0.39, 0.29) is 0 Å². The van der Waals surface area contributed by atoms with Crippen molar-refractivity contribution in [2.24, 2.45) is 11.8 Å². The molecule has 0 heterocycles. The second-order valence-electron chi connectivity index (χ2n) is 6.15. The maximum Gasteiger partial charge on any atom is 0.00683 e. The average Bonchev–Trinajstić information content (AvgIpc) is 3.23. The summed E-state index contributed by atoms with van der Waals surface area (Å²) in [6.45, 7) is 8.13. The van der Waals surface area contributed by atoms with Crippen LogP contribution >= 0.6 is 0 Å². The Hall–Kier alpha value is -0.820. The molecule has 1 atom stereocenters. The quantitative estimate of drug-likeness (QED) is 0.732. The van der Waals surface area contributed by atoms with Crippen LogP contribution in [0.3, 0.4) is 0 Å². The van der Waals surface area contributed by atoms with Crippen molar-refractivity contribution in [1.82, 2.24) is 5.32 Å². The van der Waals surface area contributed by atoms with Gasteiger partial charge in [0.25, 0.3) is 0 Å². The van der Waals surface area contributed by atoms with Crippen LogP contribution in [0.15, 0.2) is 24.3 Å². The van der Waals surface area contributed by atoms with Gasteiger partial charge in [0, 0.05) is 6.04 Å². The molecule has 19 heavy (non-hydrogen) atoms. The predicted octanol–water partition coefficient (Wildman–Crippen LogP) is 4.34. The summed E-state index contributed by atoms with van der Waals surface area (Å²) in [5, 5.41) is 3.75. The summed E-state index contributed by atoms with van der Waals surface area (Å²) in [5.41, 5.74) is 2.99. The Bertz CT molecular complexity index is 377. The standard InChI is InChI=1S/C18H29N/c1-4-15(5-2)17(13-19-18-10-11-18)12-16-9-7-6-8-14(16)3/h6-9,15,17-19H,4-5,10-13H2,1-3H3. The topological polar surface area (TPSA) is 12.0 Å². The number of hydrogen-bond donors (Lipinski definition) is 1. The van der Waals surface area contributed by atoms with Crippen molar-refractivity contribution in [3.8, 4) is 0 Å². The van der Waals surface area contributed by atoms with Gasteiger partial charge >= 0.3 is 0 Å². The van der Waals surface area contributed by atoms with E-state index in [4.69, 9.17) is 0 Å². The zero-order valence-electron chi connectivity index (χ0n) is 12.8. The molecule has 1 saturated carbocycles. The van der Waals surface area contributed by atoms with Gasteiger partial charge in [0.1, 0.15) is 0 Å². The van der Waals surface area contributed by atoms with Crippen molar-refractivity contribution in [2.45, 2.75) is 58.9 Å². The lowest BCUT2D eigenvalue weighted by Gasteiger charge is -2.26. The van der Waals surface area contributed by atoms with Crippen molar-refractivity contribution < 1.29 is 0 Å². The minimum absolute atomic E-state index is 0.789. The van der Waals surface area contributed by atoms with Gasteiger partial charge in [0.15, 0.2) is 0 Å². The van der Waals surface area contributed by atoms with Gasteiger partial charge in [0.2, 0.25) is 0 Å². The SMILES string of the molecule is CCC(CC)C(CNC1CC1)Cc1ccccc1C. The maximum atomic E-state index is 3.75. The van der Waals surface area contributed by atoms with Crippen LogP contribution in [-0.4, -0.2) is 12.6 Å². The largest absolute Gasteiger partial charge is 0.314 e. The lowest BCUT2D eigenvalue weighted by atomic mass is 9.82. The van der Waals surface area contributed by atoms with E-state index in [9.17, 15) is 0 Å². The molecule has 1 unspecified atom stereocenters. The Morgan fingerprint density at radius 2 is 1.79 bits per heavy atom. The molecule has 1 heteroatoms. The third-order valence-electron chi connectivity index (χ3n) is 4.70. The number of rotatable bonds is 8. The molecule has 1 nitrogen and oxygen atoms in total. The van der Waals surface area contributed by atoms with Gasteiger partial charge in [-0.15, -0.1) is 0 Å². The Balaban J connectivity index is 2.00. The predicted molar refractivity (Wildman–Crippen MR) is 83.5 cm³/mol. The smallest absolute Gasteiger partial charge is 0.00683 e. The zero-order valence-corrected chi connectivity index (χ0v) is 12.8. The summed E-state index contributed by atoms with van der Waals surface area (Å²) in [4.78, 5) is 0. The molecule has 0 spiro atoms. The highest BCUT2D eigenvalue weighted by atomic mass is 14.9. The molecule has 2 rings (SSSR count). The van der Waals surface area contributed by atoms with Crippen molar-refractivity contribution >= 4 is 0 Å². The van der Waals surface area contributed by atoms with E-state index in [0.29, 0.717) is 0 Å². The van der Waals surface area contributed by atoms with Gasteiger partial charge in [-0.05, 0) is 55.7 Å². The fraction of sp³-hybridized carbons (Fsp3) is 0.667. The molecule has 0 amide bonds. The van der Waals surface area contributed by atoms with Crippen LogP contribution in [0.4, 0.5) is 0 Å². The number of nitrogens with one attached hydrogen (secondary N) is 1. The molecule has 0 bridgehead atoms. The van der Waals surface area contributed by atoms with Crippen LogP contribution in [-0.2, 0) is 6.42 Å². The minimum atomic E-state index is 0.789. The van der Waals surface area contributed by atoms with Crippen LogP contribution < -0.4 is 5.32 Å². The van der Waals surface area contributed by atoms with E-state index in [0.717, 1.165) is 17.9 Å². The second-order valence-corrected chi connectivity index (χ2v) is 6.15. The monoisotopic (exact) mass is 259 g/mol. The molecule has 0 saturated heterocycles. The molecule has 1 N–H and O–H groups in total. The number of aryl methyl sites for hydroxylation is 1. The van der Waals surface area contributed by atoms with E-state index in [1.54, 1.807) is 0 Å². The summed E-state index contributed by atoms with van der Waals surface area (Å²) in [6, 6.07) is 9.71. The highest BCUT2D eigenvalue weighted by molar-refractivity contribution is 5.26. The minimum Gasteiger partial charge on any atom is -0.314 e. The Morgan fingerprint density at radius 1 is 1.11 bits per heavy atom. The summed E-state index contributed by atoms with van der Waals surface area (Å²) in [6.07, 6.45) is 6.62. The first-order valence-corrected chi connectivity index (χ1v) is 8.02. The summed E-state index contributed by atoms with van der Waals surface area (Å²) < 4.78 is 0. The van der Waals surface area contributed by atoms with Crippen LogP contribution in [0.2, 0.25) is 0 Å². The molecule has 1 aromatic carbocycles. The molecule has 106 valence electrons. The van der Waals surface area contributed by atoms with Crippen molar-refractivity contribution in [3.63, 3.8) is 0 Å². The molecule has 0 radical (unpaired) electrons. The first kappa shape index (κ1) is 14.6. The van der Waals surface area contributed by atoms with Crippen molar-refractivity contribution in [2.75, 3.05) is 6.54 Å². The highest BCUT2D eigenvalue weighted by Crippen LogP contribution is 2.26. The lowest BCUT2D eigenvalue weighted by Crippen LogP contribution is -2.31. The molecule has 1 aliphatic rings. The molecule has 1 fully saturated rings. The van der Waals surface area contributed by atoms with Gasteiger partial charge in [0.05, 0.1) is 0 Å². The second kappa shape index (κ2) is 7.09. The number of hydrogen-bond acceptors (Lipinski definition) is 1. The fourth-order valence-corrected chi connectivity index (χ4v) is 3.09. The van der Waals surface area contributed by atoms with Crippen LogP contribution in [0.1, 0.15) is 50.7 Å². The molecule has 0 aliphatic heterocycles. The molecule has 0 aromatic heterocycles. The van der Waals surface area contributed by atoms with E-state index in [1.165, 1.54) is 49.8 Å². The number of benzene rings is 1. The van der Waals surface area contributed by atoms with E-state index < -0.39 is 0 Å². The zero-order chi connectivity index (χ0) is 13.7. The van der Waals surface area contributed by atoms with Gasteiger partial charge in [-0.1, -0.05) is 51.0 Å². The van der Waals surface area contributed by atoms with E-state index in [1.807, 2.05) is 0 Å².